The Kier molecular flexibility index (Phi) is 53.2. The summed E-state index contributed by atoms with van der Waals surface area (Å²) in [6, 6.07) is 0. The van der Waals surface area contributed by atoms with E-state index in [-0.39, 0.29) is 19.6 Å². The van der Waals surface area contributed by atoms with E-state index in [1.807, 2.05) is 0 Å². The summed E-state index contributed by atoms with van der Waals surface area (Å²) >= 11 is 0. The molecule has 0 aliphatic carbocycles. The van der Waals surface area contributed by atoms with Crippen molar-refractivity contribution in [3.05, 3.63) is 36.5 Å². The quantitative estimate of drug-likeness (QED) is 0.0196. The molecule has 6 atom stereocenters. The Balaban J connectivity index is 2.23. The molecule has 0 aromatic carbocycles. The number of allylic oxidation sites excluding steroid dienone is 6. The fourth-order valence-electron chi connectivity index (χ4n) is 10.3. The molecule has 78 heavy (non-hydrogen) atoms. The number of aliphatic hydroxyl groups excluding tert-OH is 3. The van der Waals surface area contributed by atoms with Gasteiger partial charge >= 0.3 is 16.4 Å². The lowest BCUT2D eigenvalue weighted by molar-refractivity contribution is -0.301. The van der Waals surface area contributed by atoms with Crippen LogP contribution in [0.5, 0.6) is 0 Å². The first-order valence-corrected chi connectivity index (χ1v) is 34.1. The second-order valence-electron chi connectivity index (χ2n) is 22.7. The first kappa shape index (κ1) is 74.3. The van der Waals surface area contributed by atoms with Gasteiger partial charge < -0.3 is 34.3 Å². The van der Waals surface area contributed by atoms with E-state index in [2.05, 4.69) is 54.5 Å². The minimum atomic E-state index is -5.07. The molecule has 0 saturated carbocycles. The molecule has 1 rings (SSSR count). The summed E-state index contributed by atoms with van der Waals surface area (Å²) in [4.78, 5) is 13.0. The molecule has 0 radical (unpaired) electrons. The lowest BCUT2D eigenvalue weighted by atomic mass is 9.99. The molecule has 0 bridgehead atoms. The van der Waals surface area contributed by atoms with Crippen molar-refractivity contribution in [2.75, 3.05) is 26.4 Å². The van der Waals surface area contributed by atoms with Crippen LogP contribution < -0.4 is 0 Å². The predicted molar refractivity (Wildman–Crippen MR) is 322 cm³/mol. The monoisotopic (exact) mass is 1130 g/mol. The van der Waals surface area contributed by atoms with Crippen molar-refractivity contribution in [2.45, 2.75) is 346 Å². The number of hydrogen-bond donors (Lipinski definition) is 4. The zero-order valence-corrected chi connectivity index (χ0v) is 51.1. The van der Waals surface area contributed by atoms with Gasteiger partial charge in [-0.15, -0.1) is 0 Å². The molecule has 0 aromatic rings. The summed E-state index contributed by atoms with van der Waals surface area (Å²) in [6.45, 7) is 4.05. The summed E-state index contributed by atoms with van der Waals surface area (Å²) in [5.74, 6) is -0.392. The van der Waals surface area contributed by atoms with Crippen molar-refractivity contribution in [3.8, 4) is 0 Å². The van der Waals surface area contributed by atoms with Crippen molar-refractivity contribution >= 4 is 16.4 Å². The molecule has 1 aliphatic heterocycles. The molecule has 1 heterocycles. The van der Waals surface area contributed by atoms with Crippen molar-refractivity contribution in [2.24, 2.45) is 0 Å². The summed E-state index contributed by atoms with van der Waals surface area (Å²) < 4.78 is 59.6. The Morgan fingerprint density at radius 3 is 1.23 bits per heavy atom. The molecule has 6 unspecified atom stereocenters. The van der Waals surface area contributed by atoms with Crippen molar-refractivity contribution < 1.29 is 56.2 Å². The highest BCUT2D eigenvalue weighted by atomic mass is 32.3. The van der Waals surface area contributed by atoms with Crippen LogP contribution >= 0.6 is 0 Å². The minimum absolute atomic E-state index is 0.0378. The van der Waals surface area contributed by atoms with Gasteiger partial charge in [-0.2, -0.15) is 8.42 Å². The highest BCUT2D eigenvalue weighted by Gasteiger charge is 2.48. The van der Waals surface area contributed by atoms with Gasteiger partial charge in [0.05, 0.1) is 19.8 Å². The molecule has 0 spiro atoms. The largest absolute Gasteiger partial charge is 0.457 e. The third-order valence-electron chi connectivity index (χ3n) is 15.3. The standard InChI is InChI=1S/C65H122O12S/c1-3-5-7-9-11-13-15-17-19-21-23-25-27-29-31-33-35-37-39-41-43-45-47-49-51-53-55-73-57-59(58-74-65-63(69)64(77-78(70,71)72)62(68)60(56-66)76-65)75-61(67)54-52-50-48-46-44-42-40-38-36-34-32-30-28-26-24-22-20-18-16-14-12-10-8-6-4-2/h15,17,21,23,27,29,59-60,62-66,68-69H,3-14,16,18-20,22,24-26,28,30-58H2,1-2H3,(H,70,71,72)/b17-15-,23-21-,29-27-. The molecule has 0 aromatic heterocycles. The van der Waals surface area contributed by atoms with Crippen LogP contribution in [0, 0.1) is 0 Å². The molecule has 1 aliphatic rings. The van der Waals surface area contributed by atoms with Gasteiger partial charge in [0.1, 0.15) is 30.5 Å². The van der Waals surface area contributed by atoms with Gasteiger partial charge in [-0.05, 0) is 51.4 Å². The van der Waals surface area contributed by atoms with Crippen molar-refractivity contribution in [3.63, 3.8) is 0 Å². The van der Waals surface area contributed by atoms with Crippen LogP contribution in [-0.4, -0.2) is 97.5 Å². The molecule has 12 nitrogen and oxygen atoms in total. The van der Waals surface area contributed by atoms with E-state index < -0.39 is 59.8 Å². The van der Waals surface area contributed by atoms with Gasteiger partial charge in [0.15, 0.2) is 6.29 Å². The zero-order chi connectivity index (χ0) is 56.7. The number of unbranched alkanes of at least 4 members (excludes halogenated alkanes) is 40. The molecule has 0 amide bonds. The number of esters is 1. The van der Waals surface area contributed by atoms with E-state index in [0.717, 1.165) is 51.4 Å². The number of carbonyl (C=O) groups is 1. The highest BCUT2D eigenvalue weighted by molar-refractivity contribution is 7.80. The number of rotatable bonds is 59. The Morgan fingerprint density at radius 1 is 0.487 bits per heavy atom. The van der Waals surface area contributed by atoms with Crippen LogP contribution in [0.25, 0.3) is 0 Å². The molecule has 4 N–H and O–H groups in total. The summed E-state index contributed by atoms with van der Waals surface area (Å²) in [6.07, 6.45) is 62.0. The van der Waals surface area contributed by atoms with E-state index in [4.69, 9.17) is 18.9 Å². The van der Waals surface area contributed by atoms with Crippen LogP contribution in [0.2, 0.25) is 0 Å². The van der Waals surface area contributed by atoms with Crippen LogP contribution in [0.15, 0.2) is 36.5 Å². The van der Waals surface area contributed by atoms with Gasteiger partial charge in [0, 0.05) is 13.0 Å². The minimum Gasteiger partial charge on any atom is -0.457 e. The van der Waals surface area contributed by atoms with Crippen LogP contribution in [0.4, 0.5) is 0 Å². The lowest BCUT2D eigenvalue weighted by Crippen LogP contribution is -2.60. The molecular formula is C65H122O12S. The molecular weight excluding hydrogens is 1000 g/mol. The number of ether oxygens (including phenoxy) is 4. The average molecular weight is 1130 g/mol. The smallest absolute Gasteiger partial charge is 0.397 e. The summed E-state index contributed by atoms with van der Waals surface area (Å²) in [5, 5.41) is 30.9. The number of carbonyl (C=O) groups excluding carboxylic acids is 1. The third-order valence-corrected chi connectivity index (χ3v) is 15.7. The second kappa shape index (κ2) is 55.8. The Morgan fingerprint density at radius 2 is 0.846 bits per heavy atom. The third kappa shape index (κ3) is 47.9. The first-order chi connectivity index (χ1) is 38.1. The van der Waals surface area contributed by atoms with Gasteiger partial charge in [-0.1, -0.05) is 288 Å². The van der Waals surface area contributed by atoms with Gasteiger partial charge in [0.25, 0.3) is 0 Å². The Hall–Kier alpha value is -1.68. The van der Waals surface area contributed by atoms with Gasteiger partial charge in [-0.25, -0.2) is 4.18 Å². The fraction of sp³-hybridized carbons (Fsp3) is 0.892. The number of aliphatic hydroxyl groups is 3. The molecule has 13 heteroatoms. The Labute approximate surface area is 479 Å². The molecule has 1 fully saturated rings. The topological polar surface area (TPSA) is 178 Å². The van der Waals surface area contributed by atoms with Gasteiger partial charge in [-0.3, -0.25) is 9.35 Å². The first-order valence-electron chi connectivity index (χ1n) is 32.7. The lowest BCUT2D eigenvalue weighted by Gasteiger charge is -2.41. The SMILES string of the molecule is CCCCCCC/C=C\C/C=C\C/C=C\CCCCCCCCCCCCCOCC(COC1OC(CO)C(O)C(OS(=O)(=O)O)C1O)OC(=O)CCCCCCCCCCCCCCCCCCCCCCCCCCC. The van der Waals surface area contributed by atoms with E-state index in [1.165, 1.54) is 231 Å². The average Bonchev–Trinajstić information content (AvgIpc) is 3.42. The van der Waals surface area contributed by atoms with E-state index in [0.29, 0.717) is 13.0 Å². The van der Waals surface area contributed by atoms with Crippen LogP contribution in [0.3, 0.4) is 0 Å². The second-order valence-corrected chi connectivity index (χ2v) is 23.8. The van der Waals surface area contributed by atoms with Crippen molar-refractivity contribution in [1.82, 2.24) is 0 Å². The summed E-state index contributed by atoms with van der Waals surface area (Å²) in [7, 11) is -5.07. The van der Waals surface area contributed by atoms with E-state index in [9.17, 15) is 33.1 Å². The molecule has 1 saturated heterocycles. The highest BCUT2D eigenvalue weighted by Crippen LogP contribution is 2.26. The normalized spacial score (nSPS) is 18.6. The van der Waals surface area contributed by atoms with Crippen molar-refractivity contribution in [1.29, 1.82) is 0 Å². The number of hydrogen-bond acceptors (Lipinski definition) is 11. The Bertz CT molecular complexity index is 1490. The maximum Gasteiger partial charge on any atom is 0.397 e. The van der Waals surface area contributed by atoms with E-state index >= 15 is 0 Å². The zero-order valence-electron chi connectivity index (χ0n) is 50.2. The van der Waals surface area contributed by atoms with Crippen LogP contribution in [0.1, 0.15) is 309 Å². The van der Waals surface area contributed by atoms with Crippen LogP contribution in [-0.2, 0) is 38.3 Å². The molecule has 460 valence electrons. The summed E-state index contributed by atoms with van der Waals surface area (Å²) in [5.41, 5.74) is 0. The predicted octanol–water partition coefficient (Wildman–Crippen LogP) is 17.2. The maximum absolute atomic E-state index is 13.0. The fourth-order valence-corrected chi connectivity index (χ4v) is 10.8. The van der Waals surface area contributed by atoms with E-state index in [1.54, 1.807) is 0 Å². The maximum atomic E-state index is 13.0. The van der Waals surface area contributed by atoms with Gasteiger partial charge in [0.2, 0.25) is 0 Å².